The molecule has 8 heteroatoms. The van der Waals surface area contributed by atoms with Crippen molar-refractivity contribution in [1.82, 2.24) is 5.32 Å². The van der Waals surface area contributed by atoms with Gasteiger partial charge < -0.3 is 10.1 Å². The third-order valence-corrected chi connectivity index (χ3v) is 5.25. The van der Waals surface area contributed by atoms with Crippen molar-refractivity contribution in [2.24, 2.45) is 0 Å². The second kappa shape index (κ2) is 6.79. The molecule has 1 fully saturated rings. The maximum absolute atomic E-state index is 13.3. The monoisotopic (exact) mass is 413 g/mol. The summed E-state index contributed by atoms with van der Waals surface area (Å²) >= 11 is 0. The number of hydrogen-bond acceptors (Lipinski definition) is 2. The highest BCUT2D eigenvalue weighted by atomic mass is 19.4. The average molecular weight is 413 g/mol. The lowest BCUT2D eigenvalue weighted by Gasteiger charge is -2.40. The van der Waals surface area contributed by atoms with Gasteiger partial charge in [0.25, 0.3) is 0 Å². The first-order chi connectivity index (χ1) is 13.6. The molecular formula is C21H17F6NO. The van der Waals surface area contributed by atoms with Crippen molar-refractivity contribution in [2.45, 2.75) is 30.8 Å². The Bertz CT molecular complexity index is 922. The van der Waals surface area contributed by atoms with Crippen LogP contribution in [0.1, 0.15) is 35.1 Å². The predicted octanol–water partition coefficient (Wildman–Crippen LogP) is 5.67. The zero-order chi connectivity index (χ0) is 20.9. The van der Waals surface area contributed by atoms with Crippen LogP contribution >= 0.6 is 0 Å². The predicted molar refractivity (Wildman–Crippen MR) is 95.4 cm³/mol. The van der Waals surface area contributed by atoms with Crippen LogP contribution in [0.4, 0.5) is 26.3 Å². The molecule has 0 amide bonds. The Kier molecular flexibility index (Phi) is 4.64. The van der Waals surface area contributed by atoms with Gasteiger partial charge in [-0.2, -0.15) is 26.3 Å². The second-order valence-electron chi connectivity index (χ2n) is 7.27. The molecule has 0 aromatic heterocycles. The molecule has 0 aliphatic carbocycles. The SMILES string of the molecule is FC(F)(F)c1cc(C2=CC3(CCNCC3)Oc3ccccc32)cc(C(F)(F)F)c1. The van der Waals surface area contributed by atoms with Gasteiger partial charge in [0.15, 0.2) is 0 Å². The molecule has 2 heterocycles. The van der Waals surface area contributed by atoms with E-state index in [0.29, 0.717) is 42.8 Å². The fraction of sp³-hybridized carbons (Fsp3) is 0.333. The fourth-order valence-corrected chi connectivity index (χ4v) is 3.81. The first kappa shape index (κ1) is 19.8. The summed E-state index contributed by atoms with van der Waals surface area (Å²) < 4.78 is 86.1. The third-order valence-electron chi connectivity index (χ3n) is 5.25. The Labute approximate surface area is 163 Å². The summed E-state index contributed by atoms with van der Waals surface area (Å²) in [6.07, 6.45) is -6.97. The molecule has 2 aromatic carbocycles. The van der Waals surface area contributed by atoms with Crippen molar-refractivity contribution < 1.29 is 31.1 Å². The van der Waals surface area contributed by atoms with E-state index in [9.17, 15) is 26.3 Å². The third kappa shape index (κ3) is 3.85. The van der Waals surface area contributed by atoms with Gasteiger partial charge in [-0.05, 0) is 54.6 Å². The molecule has 2 nitrogen and oxygen atoms in total. The lowest BCUT2D eigenvalue weighted by molar-refractivity contribution is -0.143. The number of halogens is 6. The maximum Gasteiger partial charge on any atom is 0.416 e. The van der Waals surface area contributed by atoms with Gasteiger partial charge in [0.2, 0.25) is 0 Å². The smallest absolute Gasteiger partial charge is 0.416 e. The van der Waals surface area contributed by atoms with E-state index in [1.165, 1.54) is 0 Å². The average Bonchev–Trinajstić information content (AvgIpc) is 2.66. The number of nitrogens with one attached hydrogen (secondary N) is 1. The molecule has 2 aliphatic rings. The molecule has 2 aliphatic heterocycles. The highest BCUT2D eigenvalue weighted by Crippen LogP contribution is 2.45. The van der Waals surface area contributed by atoms with Gasteiger partial charge in [0, 0.05) is 18.4 Å². The first-order valence-electron chi connectivity index (χ1n) is 9.09. The van der Waals surface area contributed by atoms with E-state index in [4.69, 9.17) is 4.74 Å². The van der Waals surface area contributed by atoms with Crippen LogP contribution in [-0.4, -0.2) is 18.7 Å². The highest BCUT2D eigenvalue weighted by molar-refractivity contribution is 5.85. The van der Waals surface area contributed by atoms with Crippen molar-refractivity contribution in [1.29, 1.82) is 0 Å². The quantitative estimate of drug-likeness (QED) is 0.609. The van der Waals surface area contributed by atoms with E-state index >= 15 is 0 Å². The molecule has 0 unspecified atom stereocenters. The summed E-state index contributed by atoms with van der Waals surface area (Å²) in [4.78, 5) is 0. The summed E-state index contributed by atoms with van der Waals surface area (Å²) in [5.41, 5.74) is -2.74. The van der Waals surface area contributed by atoms with E-state index in [-0.39, 0.29) is 11.6 Å². The van der Waals surface area contributed by atoms with Crippen LogP contribution in [0.15, 0.2) is 48.5 Å². The van der Waals surface area contributed by atoms with Gasteiger partial charge in [-0.25, -0.2) is 0 Å². The number of para-hydroxylation sites is 1. The maximum atomic E-state index is 13.3. The molecule has 0 atom stereocenters. The van der Waals surface area contributed by atoms with Crippen LogP contribution in [0.3, 0.4) is 0 Å². The van der Waals surface area contributed by atoms with Crippen LogP contribution < -0.4 is 10.1 Å². The summed E-state index contributed by atoms with van der Waals surface area (Å²) in [6, 6.07) is 8.43. The number of rotatable bonds is 1. The normalized spacial score (nSPS) is 18.8. The number of piperidine rings is 1. The summed E-state index contributed by atoms with van der Waals surface area (Å²) in [5, 5.41) is 3.19. The van der Waals surface area contributed by atoms with Crippen molar-refractivity contribution in [3.8, 4) is 5.75 Å². The van der Waals surface area contributed by atoms with Crippen molar-refractivity contribution in [2.75, 3.05) is 13.1 Å². The van der Waals surface area contributed by atoms with Crippen LogP contribution in [0.2, 0.25) is 0 Å². The second-order valence-corrected chi connectivity index (χ2v) is 7.27. The van der Waals surface area contributed by atoms with Crippen molar-refractivity contribution in [3.05, 3.63) is 70.8 Å². The molecule has 1 N–H and O–H groups in total. The minimum Gasteiger partial charge on any atom is -0.482 e. The lowest BCUT2D eigenvalue weighted by Crippen LogP contribution is -2.46. The summed E-state index contributed by atoms with van der Waals surface area (Å²) in [7, 11) is 0. The van der Waals surface area contributed by atoms with Crippen LogP contribution in [0.25, 0.3) is 5.57 Å². The number of ether oxygens (including phenoxy) is 1. The Morgan fingerprint density at radius 1 is 0.828 bits per heavy atom. The number of alkyl halides is 6. The molecular weight excluding hydrogens is 396 g/mol. The zero-order valence-electron chi connectivity index (χ0n) is 15.1. The van der Waals surface area contributed by atoms with Gasteiger partial charge in [-0.1, -0.05) is 18.2 Å². The molecule has 29 heavy (non-hydrogen) atoms. The van der Waals surface area contributed by atoms with Crippen LogP contribution in [0, 0.1) is 0 Å². The summed E-state index contributed by atoms with van der Waals surface area (Å²) in [5.74, 6) is 0.456. The number of hydrogen-bond donors (Lipinski definition) is 1. The van der Waals surface area contributed by atoms with Crippen molar-refractivity contribution in [3.63, 3.8) is 0 Å². The van der Waals surface area contributed by atoms with E-state index in [2.05, 4.69) is 5.32 Å². The number of fused-ring (bicyclic) bond motifs is 1. The van der Waals surface area contributed by atoms with Gasteiger partial charge in [-0.15, -0.1) is 0 Å². The molecule has 154 valence electrons. The zero-order valence-corrected chi connectivity index (χ0v) is 15.1. The van der Waals surface area contributed by atoms with Gasteiger partial charge >= 0.3 is 12.4 Å². The Balaban J connectivity index is 1.93. The van der Waals surface area contributed by atoms with E-state index in [1.54, 1.807) is 30.3 Å². The van der Waals surface area contributed by atoms with Crippen LogP contribution in [0.5, 0.6) is 5.75 Å². The topological polar surface area (TPSA) is 21.3 Å². The Morgan fingerprint density at radius 2 is 1.41 bits per heavy atom. The van der Waals surface area contributed by atoms with Gasteiger partial charge in [0.1, 0.15) is 11.4 Å². The Hall–Kier alpha value is -2.48. The van der Waals surface area contributed by atoms with E-state index < -0.39 is 29.1 Å². The fourth-order valence-electron chi connectivity index (χ4n) is 3.81. The molecule has 2 aromatic rings. The standard InChI is InChI=1S/C21H17F6NO/c22-20(23,24)14-9-13(10-15(11-14)21(25,26)27)17-12-19(5-7-28-8-6-19)29-18-4-2-1-3-16(17)18/h1-4,9-12,28H,5-8H2. The largest absolute Gasteiger partial charge is 0.482 e. The molecule has 4 rings (SSSR count). The Morgan fingerprint density at radius 3 is 2.00 bits per heavy atom. The van der Waals surface area contributed by atoms with Gasteiger partial charge in [-0.3, -0.25) is 0 Å². The number of benzene rings is 2. The molecule has 0 saturated carbocycles. The highest BCUT2D eigenvalue weighted by Gasteiger charge is 2.40. The minimum atomic E-state index is -4.90. The molecule has 1 saturated heterocycles. The van der Waals surface area contributed by atoms with Crippen molar-refractivity contribution >= 4 is 5.57 Å². The molecule has 1 spiro atoms. The minimum absolute atomic E-state index is 0.124. The van der Waals surface area contributed by atoms with E-state index in [1.807, 2.05) is 0 Å². The molecule has 0 bridgehead atoms. The summed E-state index contributed by atoms with van der Waals surface area (Å²) in [6.45, 7) is 1.28. The molecule has 0 radical (unpaired) electrons. The van der Waals surface area contributed by atoms with Crippen LogP contribution in [-0.2, 0) is 12.4 Å². The first-order valence-corrected chi connectivity index (χ1v) is 9.09. The van der Waals surface area contributed by atoms with Gasteiger partial charge in [0.05, 0.1) is 11.1 Å². The lowest BCUT2D eigenvalue weighted by atomic mass is 9.82. The van der Waals surface area contributed by atoms with E-state index in [0.717, 1.165) is 12.1 Å².